The Bertz CT molecular complexity index is 513. The van der Waals surface area contributed by atoms with E-state index in [0.717, 1.165) is 5.56 Å². The number of rotatable bonds is 3. The molecule has 0 radical (unpaired) electrons. The molecule has 20 heavy (non-hydrogen) atoms. The van der Waals surface area contributed by atoms with E-state index in [4.69, 9.17) is 16.3 Å². The van der Waals surface area contributed by atoms with Crippen LogP contribution >= 0.6 is 11.6 Å². The second-order valence-electron chi connectivity index (χ2n) is 4.63. The number of nitrogens with zero attached hydrogens (tertiary/aromatic N) is 1. The quantitative estimate of drug-likeness (QED) is 0.866. The SMILES string of the molecule is Cc1c(Cl)cccc1NC(=O)CC(=O)N1CCOCC1. The number of halogens is 1. The number of ether oxygens (including phenoxy) is 1. The molecule has 1 aromatic carbocycles. The lowest BCUT2D eigenvalue weighted by Crippen LogP contribution is -2.41. The molecular formula is C14H17ClN2O3. The second kappa shape index (κ2) is 6.72. The fraction of sp³-hybridized carbons (Fsp3) is 0.429. The van der Waals surface area contributed by atoms with E-state index in [1.807, 2.05) is 6.92 Å². The number of hydrogen-bond donors (Lipinski definition) is 1. The van der Waals surface area contributed by atoms with Crippen LogP contribution in [0.15, 0.2) is 18.2 Å². The third-order valence-electron chi connectivity index (χ3n) is 3.22. The largest absolute Gasteiger partial charge is 0.378 e. The number of morpholine rings is 1. The van der Waals surface area contributed by atoms with Crippen molar-refractivity contribution in [3.05, 3.63) is 28.8 Å². The summed E-state index contributed by atoms with van der Waals surface area (Å²) in [4.78, 5) is 25.5. The van der Waals surface area contributed by atoms with Crippen LogP contribution in [0.3, 0.4) is 0 Å². The Labute approximate surface area is 122 Å². The van der Waals surface area contributed by atoms with Gasteiger partial charge in [0.05, 0.1) is 13.2 Å². The third kappa shape index (κ3) is 3.71. The van der Waals surface area contributed by atoms with Crippen molar-refractivity contribution in [1.82, 2.24) is 4.90 Å². The van der Waals surface area contributed by atoms with Crippen LogP contribution in [0.2, 0.25) is 5.02 Å². The standard InChI is InChI=1S/C14H17ClN2O3/c1-10-11(15)3-2-4-12(10)16-13(18)9-14(19)17-5-7-20-8-6-17/h2-4H,5-9H2,1H3,(H,16,18). The van der Waals surface area contributed by atoms with Crippen LogP contribution in [0, 0.1) is 6.92 Å². The van der Waals surface area contributed by atoms with Crippen molar-refractivity contribution >= 4 is 29.1 Å². The summed E-state index contributed by atoms with van der Waals surface area (Å²) in [5.74, 6) is -0.502. The maximum Gasteiger partial charge on any atom is 0.233 e. The minimum Gasteiger partial charge on any atom is -0.378 e. The average molecular weight is 297 g/mol. The normalized spacial score (nSPS) is 15.0. The predicted octanol–water partition coefficient (Wildman–Crippen LogP) is 1.84. The Morgan fingerprint density at radius 2 is 2.05 bits per heavy atom. The van der Waals surface area contributed by atoms with Gasteiger partial charge in [-0.05, 0) is 24.6 Å². The maximum atomic E-state index is 11.9. The number of nitrogens with one attached hydrogen (secondary N) is 1. The number of hydrogen-bond acceptors (Lipinski definition) is 3. The van der Waals surface area contributed by atoms with Gasteiger partial charge in [0.15, 0.2) is 0 Å². The monoisotopic (exact) mass is 296 g/mol. The number of carbonyl (C=O) groups excluding carboxylic acids is 2. The van der Waals surface area contributed by atoms with Crippen LogP contribution in [0.25, 0.3) is 0 Å². The summed E-state index contributed by atoms with van der Waals surface area (Å²) in [5.41, 5.74) is 1.43. The van der Waals surface area contributed by atoms with E-state index in [9.17, 15) is 9.59 Å². The number of benzene rings is 1. The highest BCUT2D eigenvalue weighted by molar-refractivity contribution is 6.31. The van der Waals surface area contributed by atoms with Gasteiger partial charge in [-0.1, -0.05) is 17.7 Å². The van der Waals surface area contributed by atoms with Crippen LogP contribution in [-0.2, 0) is 14.3 Å². The molecule has 0 saturated carbocycles. The second-order valence-corrected chi connectivity index (χ2v) is 5.04. The zero-order chi connectivity index (χ0) is 14.5. The topological polar surface area (TPSA) is 58.6 Å². The van der Waals surface area contributed by atoms with Crippen molar-refractivity contribution in [2.75, 3.05) is 31.6 Å². The average Bonchev–Trinajstić information content (AvgIpc) is 2.45. The van der Waals surface area contributed by atoms with E-state index >= 15 is 0 Å². The van der Waals surface area contributed by atoms with Crippen LogP contribution in [0.4, 0.5) is 5.69 Å². The van der Waals surface area contributed by atoms with Crippen LogP contribution < -0.4 is 5.32 Å². The summed E-state index contributed by atoms with van der Waals surface area (Å²) in [7, 11) is 0. The Morgan fingerprint density at radius 3 is 2.75 bits per heavy atom. The summed E-state index contributed by atoms with van der Waals surface area (Å²) in [6.07, 6.45) is -0.161. The molecule has 6 heteroatoms. The van der Waals surface area contributed by atoms with Crippen molar-refractivity contribution in [2.45, 2.75) is 13.3 Å². The van der Waals surface area contributed by atoms with Crippen molar-refractivity contribution in [1.29, 1.82) is 0 Å². The molecule has 0 aliphatic carbocycles. The first-order chi connectivity index (χ1) is 9.58. The third-order valence-corrected chi connectivity index (χ3v) is 3.63. The highest BCUT2D eigenvalue weighted by Gasteiger charge is 2.19. The Balaban J connectivity index is 1.91. The molecule has 1 fully saturated rings. The van der Waals surface area contributed by atoms with E-state index in [0.29, 0.717) is 37.0 Å². The van der Waals surface area contributed by atoms with Gasteiger partial charge in [-0.3, -0.25) is 9.59 Å². The Hall–Kier alpha value is -1.59. The molecule has 108 valence electrons. The number of carbonyl (C=O) groups is 2. The number of anilines is 1. The fourth-order valence-corrected chi connectivity index (χ4v) is 2.17. The molecule has 0 aromatic heterocycles. The molecule has 0 unspecified atom stereocenters. The molecule has 1 N–H and O–H groups in total. The first-order valence-corrected chi connectivity index (χ1v) is 6.86. The Morgan fingerprint density at radius 1 is 1.35 bits per heavy atom. The summed E-state index contributed by atoms with van der Waals surface area (Å²) in [6.45, 7) is 3.97. The van der Waals surface area contributed by atoms with Gasteiger partial charge in [0.2, 0.25) is 11.8 Å². The van der Waals surface area contributed by atoms with E-state index in [1.54, 1.807) is 23.1 Å². The van der Waals surface area contributed by atoms with Crippen LogP contribution in [0.1, 0.15) is 12.0 Å². The van der Waals surface area contributed by atoms with E-state index in [1.165, 1.54) is 0 Å². The van der Waals surface area contributed by atoms with Gasteiger partial charge in [-0.2, -0.15) is 0 Å². The highest BCUT2D eigenvalue weighted by atomic mass is 35.5. The molecule has 5 nitrogen and oxygen atoms in total. The summed E-state index contributed by atoms with van der Waals surface area (Å²) < 4.78 is 5.17. The van der Waals surface area contributed by atoms with E-state index in [2.05, 4.69) is 5.32 Å². The fourth-order valence-electron chi connectivity index (χ4n) is 2.00. The van der Waals surface area contributed by atoms with Gasteiger partial charge in [-0.15, -0.1) is 0 Å². The van der Waals surface area contributed by atoms with Gasteiger partial charge in [0, 0.05) is 23.8 Å². The zero-order valence-corrected chi connectivity index (χ0v) is 12.1. The van der Waals surface area contributed by atoms with Crippen molar-refractivity contribution in [2.24, 2.45) is 0 Å². The van der Waals surface area contributed by atoms with Gasteiger partial charge in [0.25, 0.3) is 0 Å². The van der Waals surface area contributed by atoms with Gasteiger partial charge in [0.1, 0.15) is 6.42 Å². The van der Waals surface area contributed by atoms with E-state index < -0.39 is 0 Å². The predicted molar refractivity (Wildman–Crippen MR) is 76.8 cm³/mol. The van der Waals surface area contributed by atoms with Gasteiger partial charge >= 0.3 is 0 Å². The smallest absolute Gasteiger partial charge is 0.233 e. The molecule has 1 aliphatic rings. The molecule has 0 atom stereocenters. The molecule has 2 rings (SSSR count). The molecule has 0 spiro atoms. The molecule has 0 bridgehead atoms. The molecule has 1 heterocycles. The summed E-state index contributed by atoms with van der Waals surface area (Å²) in [6, 6.07) is 5.28. The number of amides is 2. The van der Waals surface area contributed by atoms with Crippen LogP contribution in [0.5, 0.6) is 0 Å². The van der Waals surface area contributed by atoms with Gasteiger partial charge in [-0.25, -0.2) is 0 Å². The molecule has 1 aromatic rings. The zero-order valence-electron chi connectivity index (χ0n) is 11.3. The summed E-state index contributed by atoms with van der Waals surface area (Å²) >= 11 is 5.98. The molecule has 1 aliphatic heterocycles. The van der Waals surface area contributed by atoms with Crippen LogP contribution in [-0.4, -0.2) is 43.0 Å². The Kier molecular flexibility index (Phi) is 4.98. The van der Waals surface area contributed by atoms with Crippen molar-refractivity contribution in [3.63, 3.8) is 0 Å². The molecule has 1 saturated heterocycles. The molecular weight excluding hydrogens is 280 g/mol. The lowest BCUT2D eigenvalue weighted by atomic mass is 10.2. The minimum atomic E-state index is -0.327. The maximum absolute atomic E-state index is 11.9. The van der Waals surface area contributed by atoms with E-state index in [-0.39, 0.29) is 18.2 Å². The van der Waals surface area contributed by atoms with Gasteiger partial charge < -0.3 is 15.0 Å². The van der Waals surface area contributed by atoms with Crippen molar-refractivity contribution in [3.8, 4) is 0 Å². The summed E-state index contributed by atoms with van der Waals surface area (Å²) in [5, 5.41) is 3.30. The minimum absolute atomic E-state index is 0.161. The van der Waals surface area contributed by atoms with Crippen molar-refractivity contribution < 1.29 is 14.3 Å². The lowest BCUT2D eigenvalue weighted by molar-refractivity contribution is -0.138. The first kappa shape index (κ1) is 14.8. The molecule has 2 amide bonds. The highest BCUT2D eigenvalue weighted by Crippen LogP contribution is 2.23. The lowest BCUT2D eigenvalue weighted by Gasteiger charge is -2.26. The first-order valence-electron chi connectivity index (χ1n) is 6.48.